The summed E-state index contributed by atoms with van der Waals surface area (Å²) in [5.41, 5.74) is 0.213. The van der Waals surface area contributed by atoms with E-state index in [2.05, 4.69) is 5.43 Å². The monoisotopic (exact) mass is 386 g/mol. The molecule has 0 saturated heterocycles. The van der Waals surface area contributed by atoms with Gasteiger partial charge in [0.25, 0.3) is 23.2 Å². The minimum Gasteiger partial charge on any atom is -0.267 e. The van der Waals surface area contributed by atoms with Crippen molar-refractivity contribution in [3.63, 3.8) is 0 Å². The van der Waals surface area contributed by atoms with Crippen molar-refractivity contribution in [2.75, 3.05) is 0 Å². The Morgan fingerprint density at radius 3 is 2.07 bits per heavy atom. The van der Waals surface area contributed by atoms with Crippen molar-refractivity contribution in [3.05, 3.63) is 79.9 Å². The Bertz CT molecular complexity index is 937. The predicted molar refractivity (Wildman–Crippen MR) is 99.6 cm³/mol. The maximum absolute atomic E-state index is 13.0. The number of carbonyl (C=O) groups is 2. The molecule has 0 aromatic heterocycles. The number of benzene rings is 2. The third-order valence-electron chi connectivity index (χ3n) is 3.74. The Hall–Kier alpha value is -3.82. The maximum atomic E-state index is 13.0. The van der Waals surface area contributed by atoms with Gasteiger partial charge in [-0.1, -0.05) is 18.2 Å². The van der Waals surface area contributed by atoms with Crippen LogP contribution in [0.25, 0.3) is 0 Å². The lowest BCUT2D eigenvalue weighted by molar-refractivity contribution is -0.394. The number of nitrogens with zero attached hydrogens (tertiary/aromatic N) is 3. The summed E-state index contributed by atoms with van der Waals surface area (Å²) in [5, 5.41) is 23.2. The molecular weight excluding hydrogens is 368 g/mol. The largest absolute Gasteiger partial charge is 0.289 e. The molecule has 1 N–H and O–H groups in total. The van der Waals surface area contributed by atoms with Crippen molar-refractivity contribution in [1.82, 2.24) is 10.4 Å². The van der Waals surface area contributed by atoms with Crippen LogP contribution in [0.2, 0.25) is 0 Å². The quantitative estimate of drug-likeness (QED) is 0.633. The molecule has 10 nitrogen and oxygen atoms in total. The van der Waals surface area contributed by atoms with Crippen molar-refractivity contribution >= 4 is 23.2 Å². The summed E-state index contributed by atoms with van der Waals surface area (Å²) in [6.07, 6.45) is 0. The standard InChI is InChI=1S/C18H18N4O6/c1-18(2,3)20(19-16(23)12-7-5-4-6-8-12)17(24)14-10-9-13(21(25)26)11-15(14)22(27)28/h4-11H,1-3H3,(H,19,23). The maximum Gasteiger partial charge on any atom is 0.289 e. The molecule has 0 bridgehead atoms. The van der Waals surface area contributed by atoms with E-state index < -0.39 is 38.6 Å². The van der Waals surface area contributed by atoms with Crippen molar-refractivity contribution in [2.45, 2.75) is 26.3 Å². The highest BCUT2D eigenvalue weighted by molar-refractivity contribution is 6.01. The van der Waals surface area contributed by atoms with Crippen LogP contribution in [0.5, 0.6) is 0 Å². The van der Waals surface area contributed by atoms with Gasteiger partial charge in [0.05, 0.1) is 21.5 Å². The lowest BCUT2D eigenvalue weighted by atomic mass is 10.0. The molecule has 0 aliphatic heterocycles. The van der Waals surface area contributed by atoms with Crippen LogP contribution in [0, 0.1) is 20.2 Å². The molecule has 28 heavy (non-hydrogen) atoms. The van der Waals surface area contributed by atoms with E-state index in [-0.39, 0.29) is 5.56 Å². The van der Waals surface area contributed by atoms with Gasteiger partial charge in [-0.15, -0.1) is 0 Å². The summed E-state index contributed by atoms with van der Waals surface area (Å²) >= 11 is 0. The molecule has 0 saturated carbocycles. The number of non-ortho nitro benzene ring substituents is 1. The van der Waals surface area contributed by atoms with Crippen LogP contribution >= 0.6 is 0 Å². The third-order valence-corrected chi connectivity index (χ3v) is 3.74. The fraction of sp³-hybridized carbons (Fsp3) is 0.222. The Morgan fingerprint density at radius 1 is 0.964 bits per heavy atom. The van der Waals surface area contributed by atoms with Gasteiger partial charge < -0.3 is 0 Å². The molecule has 2 aromatic carbocycles. The number of rotatable bonds is 4. The second-order valence-electron chi connectivity index (χ2n) is 6.83. The summed E-state index contributed by atoms with van der Waals surface area (Å²) < 4.78 is 0. The fourth-order valence-corrected chi connectivity index (χ4v) is 2.36. The number of carbonyl (C=O) groups excluding carboxylic acids is 2. The first-order valence-electron chi connectivity index (χ1n) is 8.16. The molecule has 0 fully saturated rings. The number of nitro benzene ring substituents is 2. The van der Waals surface area contributed by atoms with Gasteiger partial charge in [-0.2, -0.15) is 0 Å². The average molecular weight is 386 g/mol. The lowest BCUT2D eigenvalue weighted by Crippen LogP contribution is -2.56. The van der Waals surface area contributed by atoms with E-state index in [1.165, 1.54) is 0 Å². The zero-order valence-electron chi connectivity index (χ0n) is 15.4. The highest BCUT2D eigenvalue weighted by Crippen LogP contribution is 2.27. The first-order valence-corrected chi connectivity index (χ1v) is 8.16. The Kier molecular flexibility index (Phi) is 5.73. The fourth-order valence-electron chi connectivity index (χ4n) is 2.36. The van der Waals surface area contributed by atoms with Gasteiger partial charge in [0.15, 0.2) is 0 Å². The molecule has 0 unspecified atom stereocenters. The van der Waals surface area contributed by atoms with Gasteiger partial charge >= 0.3 is 0 Å². The zero-order valence-corrected chi connectivity index (χ0v) is 15.4. The van der Waals surface area contributed by atoms with Gasteiger partial charge in [-0.3, -0.25) is 35.2 Å². The van der Waals surface area contributed by atoms with Crippen molar-refractivity contribution in [1.29, 1.82) is 0 Å². The van der Waals surface area contributed by atoms with Crippen LogP contribution in [-0.2, 0) is 0 Å². The van der Waals surface area contributed by atoms with E-state index in [1.54, 1.807) is 51.1 Å². The second kappa shape index (κ2) is 7.82. The number of nitro groups is 2. The normalized spacial score (nSPS) is 10.8. The first-order chi connectivity index (χ1) is 13.0. The molecule has 0 aliphatic carbocycles. The van der Waals surface area contributed by atoms with Crippen LogP contribution in [0.15, 0.2) is 48.5 Å². The summed E-state index contributed by atoms with van der Waals surface area (Å²) in [6.45, 7) is 4.90. The van der Waals surface area contributed by atoms with Crippen LogP contribution in [0.1, 0.15) is 41.5 Å². The summed E-state index contributed by atoms with van der Waals surface area (Å²) in [7, 11) is 0. The van der Waals surface area contributed by atoms with E-state index in [9.17, 15) is 29.8 Å². The van der Waals surface area contributed by atoms with Crippen LogP contribution < -0.4 is 5.43 Å². The number of hydrogen-bond acceptors (Lipinski definition) is 6. The minimum atomic E-state index is -0.933. The molecule has 2 rings (SSSR count). The van der Waals surface area contributed by atoms with E-state index in [0.717, 1.165) is 17.1 Å². The Balaban J connectivity index is 2.45. The predicted octanol–water partition coefficient (Wildman–Crippen LogP) is 3.09. The second-order valence-corrected chi connectivity index (χ2v) is 6.83. The average Bonchev–Trinajstić information content (AvgIpc) is 2.64. The van der Waals surface area contributed by atoms with Crippen LogP contribution in [0.3, 0.4) is 0 Å². The van der Waals surface area contributed by atoms with Gasteiger partial charge in [0.2, 0.25) is 0 Å². The molecule has 0 heterocycles. The van der Waals surface area contributed by atoms with Gasteiger partial charge in [-0.25, -0.2) is 5.01 Å². The molecular formula is C18H18N4O6. The molecule has 2 aromatic rings. The van der Waals surface area contributed by atoms with E-state index >= 15 is 0 Å². The molecule has 0 spiro atoms. The van der Waals surface area contributed by atoms with Gasteiger partial charge in [0.1, 0.15) is 5.56 Å². The van der Waals surface area contributed by atoms with Crippen molar-refractivity contribution < 1.29 is 19.4 Å². The number of nitrogens with one attached hydrogen (secondary N) is 1. The highest BCUT2D eigenvalue weighted by Gasteiger charge is 2.34. The van der Waals surface area contributed by atoms with E-state index in [4.69, 9.17) is 0 Å². The minimum absolute atomic E-state index is 0.294. The van der Waals surface area contributed by atoms with E-state index in [0.29, 0.717) is 11.6 Å². The van der Waals surface area contributed by atoms with Gasteiger partial charge in [-0.05, 0) is 39.0 Å². The summed E-state index contributed by atoms with van der Waals surface area (Å²) in [5.74, 6) is -1.44. The SMILES string of the molecule is CC(C)(C)N(NC(=O)c1ccccc1)C(=O)c1ccc([N+](=O)[O-])cc1[N+](=O)[O-]. The highest BCUT2D eigenvalue weighted by atomic mass is 16.6. The van der Waals surface area contributed by atoms with Crippen LogP contribution in [-0.4, -0.2) is 32.2 Å². The summed E-state index contributed by atoms with van der Waals surface area (Å²) in [6, 6.07) is 10.9. The number of hydrazine groups is 1. The number of hydrogen-bond donors (Lipinski definition) is 1. The van der Waals surface area contributed by atoms with Crippen LogP contribution in [0.4, 0.5) is 11.4 Å². The van der Waals surface area contributed by atoms with Crippen molar-refractivity contribution in [3.8, 4) is 0 Å². The Morgan fingerprint density at radius 2 is 1.57 bits per heavy atom. The Labute approximate surface area is 160 Å². The smallest absolute Gasteiger partial charge is 0.267 e. The molecule has 146 valence electrons. The molecule has 0 radical (unpaired) electrons. The third kappa shape index (κ3) is 4.47. The zero-order chi connectivity index (χ0) is 21.1. The van der Waals surface area contributed by atoms with Crippen molar-refractivity contribution in [2.24, 2.45) is 0 Å². The lowest BCUT2D eigenvalue weighted by Gasteiger charge is -2.35. The number of amides is 2. The topological polar surface area (TPSA) is 136 Å². The molecule has 10 heteroatoms. The summed E-state index contributed by atoms with van der Waals surface area (Å²) in [4.78, 5) is 46.0. The first kappa shape index (κ1) is 20.5. The van der Waals surface area contributed by atoms with Gasteiger partial charge in [0, 0.05) is 11.6 Å². The van der Waals surface area contributed by atoms with E-state index in [1.807, 2.05) is 0 Å². The molecule has 0 atom stereocenters. The molecule has 0 aliphatic rings. The molecule has 2 amide bonds.